The zero-order valence-corrected chi connectivity index (χ0v) is 15.4. The summed E-state index contributed by atoms with van der Waals surface area (Å²) >= 11 is 0. The van der Waals surface area contributed by atoms with Crippen molar-refractivity contribution >= 4 is 5.96 Å². The van der Waals surface area contributed by atoms with Crippen molar-refractivity contribution in [3.05, 3.63) is 12.7 Å². The summed E-state index contributed by atoms with van der Waals surface area (Å²) in [5.74, 6) is 0.993. The maximum atomic E-state index is 5.96. The van der Waals surface area contributed by atoms with E-state index >= 15 is 0 Å². The van der Waals surface area contributed by atoms with Gasteiger partial charge in [-0.05, 0) is 44.9 Å². The summed E-state index contributed by atoms with van der Waals surface area (Å²) < 4.78 is 5.96. The molecule has 0 bridgehead atoms. The molecule has 0 unspecified atom stereocenters. The van der Waals surface area contributed by atoms with Gasteiger partial charge in [0.05, 0.1) is 6.10 Å². The number of aliphatic imine (C=N–C) groups is 1. The Morgan fingerprint density at radius 2 is 2.00 bits per heavy atom. The highest BCUT2D eigenvalue weighted by molar-refractivity contribution is 5.79. The Morgan fingerprint density at radius 3 is 2.70 bits per heavy atom. The lowest BCUT2D eigenvalue weighted by Crippen LogP contribution is -2.39. The van der Waals surface area contributed by atoms with E-state index in [0.717, 1.165) is 38.5 Å². The summed E-state index contributed by atoms with van der Waals surface area (Å²) in [6, 6.07) is 0. The number of ether oxygens (including phenoxy) is 1. The van der Waals surface area contributed by atoms with Crippen LogP contribution in [-0.2, 0) is 4.74 Å². The van der Waals surface area contributed by atoms with Gasteiger partial charge in [-0.2, -0.15) is 0 Å². The molecule has 0 spiro atoms. The molecule has 0 amide bonds. The highest BCUT2D eigenvalue weighted by Crippen LogP contribution is 2.20. The Morgan fingerprint density at radius 1 is 1.22 bits per heavy atom. The maximum Gasteiger partial charge on any atom is 0.193 e. The molecule has 0 aromatic rings. The summed E-state index contributed by atoms with van der Waals surface area (Å²) in [6.07, 6.45) is 14.9. The van der Waals surface area contributed by atoms with Gasteiger partial charge < -0.3 is 15.0 Å². The lowest BCUT2D eigenvalue weighted by molar-refractivity contribution is 0.0264. The third kappa shape index (κ3) is 9.65. The summed E-state index contributed by atoms with van der Waals surface area (Å²) in [5.41, 5.74) is 0. The minimum absolute atomic E-state index is 0.546. The second-order valence-electron chi connectivity index (χ2n) is 6.52. The molecule has 1 saturated carbocycles. The molecule has 0 saturated heterocycles. The third-order valence-corrected chi connectivity index (χ3v) is 4.49. The van der Waals surface area contributed by atoms with Crippen molar-refractivity contribution < 1.29 is 4.74 Å². The van der Waals surface area contributed by atoms with Gasteiger partial charge in [0.2, 0.25) is 0 Å². The summed E-state index contributed by atoms with van der Waals surface area (Å²) in [7, 11) is 3.95. The van der Waals surface area contributed by atoms with E-state index < -0.39 is 0 Å². The Labute approximate surface area is 143 Å². The monoisotopic (exact) mass is 323 g/mol. The highest BCUT2D eigenvalue weighted by atomic mass is 16.5. The van der Waals surface area contributed by atoms with Gasteiger partial charge in [-0.15, -0.1) is 6.58 Å². The molecule has 0 aromatic carbocycles. The number of nitrogens with one attached hydrogen (secondary N) is 1. The predicted octanol–water partition coefficient (Wildman–Crippen LogP) is 3.98. The Hall–Kier alpha value is -1.03. The minimum atomic E-state index is 0.546. The van der Waals surface area contributed by atoms with Crippen molar-refractivity contribution in [1.82, 2.24) is 10.2 Å². The summed E-state index contributed by atoms with van der Waals surface area (Å²) in [4.78, 5) is 6.53. The van der Waals surface area contributed by atoms with E-state index in [4.69, 9.17) is 4.74 Å². The fourth-order valence-corrected chi connectivity index (χ4v) is 3.05. The molecule has 0 atom stereocenters. The van der Waals surface area contributed by atoms with Crippen molar-refractivity contribution in [2.75, 3.05) is 33.8 Å². The van der Waals surface area contributed by atoms with Crippen LogP contribution in [0.2, 0.25) is 0 Å². The summed E-state index contributed by atoms with van der Waals surface area (Å²) in [6.45, 7) is 6.70. The minimum Gasteiger partial charge on any atom is -0.378 e. The fourth-order valence-electron chi connectivity index (χ4n) is 3.05. The number of unbranched alkanes of at least 4 members (excludes halogenated alkanes) is 3. The molecule has 4 heteroatoms. The normalized spacial score (nSPS) is 16.3. The van der Waals surface area contributed by atoms with Gasteiger partial charge in [0.25, 0.3) is 0 Å². The zero-order chi connectivity index (χ0) is 16.8. The highest BCUT2D eigenvalue weighted by Gasteiger charge is 2.12. The van der Waals surface area contributed by atoms with E-state index in [9.17, 15) is 0 Å². The number of nitrogens with zero attached hydrogens (tertiary/aromatic N) is 2. The number of hydrogen-bond acceptors (Lipinski definition) is 2. The first-order valence-electron chi connectivity index (χ1n) is 9.42. The molecular weight excluding hydrogens is 286 g/mol. The van der Waals surface area contributed by atoms with Crippen LogP contribution < -0.4 is 5.32 Å². The molecule has 0 radical (unpaired) electrons. The molecule has 0 heterocycles. The van der Waals surface area contributed by atoms with E-state index in [-0.39, 0.29) is 0 Å². The fraction of sp³-hybridized carbons (Fsp3) is 0.842. The van der Waals surface area contributed by atoms with Gasteiger partial charge >= 0.3 is 0 Å². The van der Waals surface area contributed by atoms with Gasteiger partial charge in [0, 0.05) is 33.8 Å². The first-order chi connectivity index (χ1) is 11.3. The van der Waals surface area contributed by atoms with Gasteiger partial charge in [-0.3, -0.25) is 4.99 Å². The smallest absolute Gasteiger partial charge is 0.193 e. The van der Waals surface area contributed by atoms with Crippen LogP contribution in [0.4, 0.5) is 0 Å². The summed E-state index contributed by atoms with van der Waals surface area (Å²) in [5, 5.41) is 3.45. The molecule has 1 aliphatic carbocycles. The van der Waals surface area contributed by atoms with Gasteiger partial charge in [0.15, 0.2) is 5.96 Å². The maximum absolute atomic E-state index is 5.96. The average molecular weight is 324 g/mol. The van der Waals surface area contributed by atoms with Crippen molar-refractivity contribution in [1.29, 1.82) is 0 Å². The van der Waals surface area contributed by atoms with Crippen molar-refractivity contribution in [2.45, 2.75) is 70.3 Å². The topological polar surface area (TPSA) is 36.9 Å². The van der Waals surface area contributed by atoms with Gasteiger partial charge in [0.1, 0.15) is 0 Å². The van der Waals surface area contributed by atoms with Crippen LogP contribution in [0.25, 0.3) is 0 Å². The van der Waals surface area contributed by atoms with E-state index in [2.05, 4.69) is 28.8 Å². The molecule has 4 nitrogen and oxygen atoms in total. The second-order valence-corrected chi connectivity index (χ2v) is 6.52. The van der Waals surface area contributed by atoms with Crippen LogP contribution in [0.15, 0.2) is 17.6 Å². The van der Waals surface area contributed by atoms with Crippen LogP contribution in [0, 0.1) is 0 Å². The van der Waals surface area contributed by atoms with Crippen LogP contribution in [0.5, 0.6) is 0 Å². The third-order valence-electron chi connectivity index (χ3n) is 4.49. The van der Waals surface area contributed by atoms with Crippen molar-refractivity contribution in [2.24, 2.45) is 4.99 Å². The molecule has 0 aromatic heterocycles. The largest absolute Gasteiger partial charge is 0.378 e. The molecule has 1 N–H and O–H groups in total. The van der Waals surface area contributed by atoms with E-state index in [1.807, 2.05) is 13.1 Å². The van der Waals surface area contributed by atoms with E-state index in [1.54, 1.807) is 0 Å². The van der Waals surface area contributed by atoms with E-state index in [1.165, 1.54) is 51.4 Å². The second kappa shape index (κ2) is 13.4. The Bertz CT molecular complexity index is 325. The lowest BCUT2D eigenvalue weighted by Gasteiger charge is -2.22. The van der Waals surface area contributed by atoms with Crippen LogP contribution in [-0.4, -0.2) is 50.8 Å². The van der Waals surface area contributed by atoms with Crippen molar-refractivity contribution in [3.8, 4) is 0 Å². The molecule has 23 heavy (non-hydrogen) atoms. The molecule has 134 valence electrons. The quantitative estimate of drug-likeness (QED) is 0.270. The Balaban J connectivity index is 1.98. The number of rotatable bonds is 11. The standard InChI is InChI=1S/C19H37N3O/c1-4-5-11-16-22(3)19(20-2)21-15-10-7-12-17-23-18-13-8-6-9-14-18/h4,18H,1,5-17H2,2-3H3,(H,20,21). The number of guanidine groups is 1. The number of hydrogen-bond donors (Lipinski definition) is 1. The van der Waals surface area contributed by atoms with Crippen molar-refractivity contribution in [3.63, 3.8) is 0 Å². The van der Waals surface area contributed by atoms with Gasteiger partial charge in [-0.25, -0.2) is 0 Å². The number of allylic oxidation sites excluding steroid dienone is 1. The predicted molar refractivity (Wildman–Crippen MR) is 100 cm³/mol. The molecule has 0 aliphatic heterocycles. The Kier molecular flexibility index (Phi) is 11.7. The molecule has 1 aliphatic rings. The van der Waals surface area contributed by atoms with Gasteiger partial charge in [-0.1, -0.05) is 25.3 Å². The SMILES string of the molecule is C=CCCCN(C)C(=NC)NCCCCCOC1CCCCC1. The van der Waals surface area contributed by atoms with Crippen LogP contribution >= 0.6 is 0 Å². The van der Waals surface area contributed by atoms with E-state index in [0.29, 0.717) is 6.10 Å². The first-order valence-corrected chi connectivity index (χ1v) is 9.42. The molecular formula is C19H37N3O. The average Bonchev–Trinajstić information content (AvgIpc) is 2.58. The first kappa shape index (κ1) is 20.0. The van der Waals surface area contributed by atoms with Crippen LogP contribution in [0.1, 0.15) is 64.2 Å². The lowest BCUT2D eigenvalue weighted by atomic mass is 9.98. The molecule has 1 fully saturated rings. The zero-order valence-electron chi connectivity index (χ0n) is 15.4. The molecule has 1 rings (SSSR count). The van der Waals surface area contributed by atoms with Crippen LogP contribution in [0.3, 0.4) is 0 Å².